The Balaban J connectivity index is 1.25. The zero-order valence-corrected chi connectivity index (χ0v) is 27.6. The van der Waals surface area contributed by atoms with Crippen molar-refractivity contribution in [2.45, 2.75) is 5.41 Å². The predicted octanol–water partition coefficient (Wildman–Crippen LogP) is 11.0. The first-order valence-electron chi connectivity index (χ1n) is 17.4. The molecule has 4 heterocycles. The third-order valence-electron chi connectivity index (χ3n) is 10.9. The zero-order chi connectivity index (χ0) is 33.5. The molecule has 4 aromatic heterocycles. The van der Waals surface area contributed by atoms with E-state index in [1.54, 1.807) is 0 Å². The molecule has 0 bridgehead atoms. The van der Waals surface area contributed by atoms with E-state index in [1.165, 1.54) is 55.2 Å². The number of hydrogen-bond donors (Lipinski definition) is 0. The average Bonchev–Trinajstić information content (AvgIpc) is 3.83. The van der Waals surface area contributed by atoms with E-state index >= 15 is 0 Å². The summed E-state index contributed by atoms with van der Waals surface area (Å²) in [6.45, 7) is 0. The van der Waals surface area contributed by atoms with Crippen molar-refractivity contribution in [3.05, 3.63) is 205 Å². The topological polar surface area (TPSA) is 35.6 Å². The number of rotatable bonds is 4. The van der Waals surface area contributed by atoms with Gasteiger partial charge in [0.1, 0.15) is 5.65 Å². The number of fused-ring (bicyclic) bond motifs is 10. The van der Waals surface area contributed by atoms with Gasteiger partial charge in [0.05, 0.1) is 27.5 Å². The molecule has 238 valence electrons. The van der Waals surface area contributed by atoms with Crippen molar-refractivity contribution < 1.29 is 0 Å². The second kappa shape index (κ2) is 10.6. The van der Waals surface area contributed by atoms with Crippen molar-refractivity contribution in [1.29, 1.82) is 0 Å². The minimum Gasteiger partial charge on any atom is -0.309 e. The van der Waals surface area contributed by atoms with Gasteiger partial charge in [0, 0.05) is 39.9 Å². The summed E-state index contributed by atoms with van der Waals surface area (Å²) in [5, 5.41) is 3.56. The fourth-order valence-electron chi connectivity index (χ4n) is 8.97. The minimum absolute atomic E-state index is 0.508. The van der Waals surface area contributed by atoms with Crippen molar-refractivity contribution in [2.75, 3.05) is 0 Å². The fraction of sp³-hybridized carbons (Fsp3) is 0.0213. The molecule has 0 saturated carbocycles. The number of nitrogens with zero attached hydrogens (tertiary/aromatic N) is 4. The first kappa shape index (κ1) is 28.1. The molecule has 0 fully saturated rings. The second-order valence-corrected chi connectivity index (χ2v) is 13.4. The smallest absolute Gasteiger partial charge is 0.147 e. The molecule has 1 aliphatic carbocycles. The third-order valence-corrected chi connectivity index (χ3v) is 10.9. The maximum atomic E-state index is 4.84. The van der Waals surface area contributed by atoms with Gasteiger partial charge in [-0.3, -0.25) is 9.55 Å². The van der Waals surface area contributed by atoms with Gasteiger partial charge in [0.2, 0.25) is 0 Å². The van der Waals surface area contributed by atoms with Crippen LogP contribution in [0.3, 0.4) is 0 Å². The van der Waals surface area contributed by atoms with Crippen LogP contribution in [0.5, 0.6) is 0 Å². The molecule has 0 spiro atoms. The Morgan fingerprint density at radius 3 is 1.90 bits per heavy atom. The van der Waals surface area contributed by atoms with E-state index in [4.69, 9.17) is 9.97 Å². The maximum absolute atomic E-state index is 4.84. The van der Waals surface area contributed by atoms with Crippen LogP contribution in [0.2, 0.25) is 0 Å². The Bertz CT molecular complexity index is 2880. The molecule has 4 heteroatoms. The molecule has 51 heavy (non-hydrogen) atoms. The van der Waals surface area contributed by atoms with Crippen LogP contribution in [0.1, 0.15) is 22.3 Å². The summed E-state index contributed by atoms with van der Waals surface area (Å²) >= 11 is 0. The SMILES string of the molecule is c1ccc(C2(c3ccccc3)c3ccccc3-c3ccc4c(c32)c2ccccc2n4-c2cccc(-n3c4cccnc4c4cccnc43)c2)cc1. The summed E-state index contributed by atoms with van der Waals surface area (Å²) in [5.41, 5.74) is 14.6. The largest absolute Gasteiger partial charge is 0.309 e. The van der Waals surface area contributed by atoms with Crippen LogP contribution in [0.25, 0.3) is 66.4 Å². The summed E-state index contributed by atoms with van der Waals surface area (Å²) < 4.78 is 4.68. The molecule has 0 saturated heterocycles. The van der Waals surface area contributed by atoms with Gasteiger partial charge in [-0.05, 0) is 88.0 Å². The van der Waals surface area contributed by atoms with Crippen LogP contribution in [0, 0.1) is 0 Å². The lowest BCUT2D eigenvalue weighted by Crippen LogP contribution is -2.28. The Hall–Kier alpha value is -6.78. The van der Waals surface area contributed by atoms with Crippen LogP contribution in [-0.2, 0) is 5.41 Å². The Labute approximate surface area is 294 Å². The normalized spacial score (nSPS) is 13.3. The molecule has 0 unspecified atom stereocenters. The van der Waals surface area contributed by atoms with Crippen molar-refractivity contribution >= 4 is 43.9 Å². The van der Waals surface area contributed by atoms with Gasteiger partial charge < -0.3 is 4.57 Å². The van der Waals surface area contributed by atoms with Gasteiger partial charge in [-0.25, -0.2) is 4.98 Å². The van der Waals surface area contributed by atoms with Crippen LogP contribution in [-0.4, -0.2) is 19.1 Å². The van der Waals surface area contributed by atoms with Crippen molar-refractivity contribution in [1.82, 2.24) is 19.1 Å². The number of aromatic nitrogens is 4. The van der Waals surface area contributed by atoms with E-state index in [0.717, 1.165) is 33.4 Å². The standard InChI is InChI=1S/C47H30N4/c1-3-14-31(15-4-1)47(32-16-5-2-6-17-32)39-23-9-7-20-35(39)36-26-27-41-43(44(36)47)37-21-8-10-24-40(37)50(41)33-18-11-19-34(30-33)51-42-25-13-28-48-45(42)38-22-12-29-49-46(38)51/h1-30H. The maximum Gasteiger partial charge on any atom is 0.147 e. The number of para-hydroxylation sites is 1. The van der Waals surface area contributed by atoms with E-state index in [2.05, 4.69) is 167 Å². The van der Waals surface area contributed by atoms with E-state index in [9.17, 15) is 0 Å². The predicted molar refractivity (Wildman–Crippen MR) is 208 cm³/mol. The van der Waals surface area contributed by atoms with E-state index in [1.807, 2.05) is 24.5 Å². The molecule has 0 atom stereocenters. The molecule has 6 aromatic carbocycles. The van der Waals surface area contributed by atoms with Crippen molar-refractivity contribution in [3.8, 4) is 22.5 Å². The lowest BCUT2D eigenvalue weighted by Gasteiger charge is -2.34. The quantitative estimate of drug-likeness (QED) is 0.190. The molecule has 0 N–H and O–H groups in total. The van der Waals surface area contributed by atoms with E-state index < -0.39 is 5.41 Å². The molecule has 11 rings (SSSR count). The monoisotopic (exact) mass is 650 g/mol. The molecule has 0 radical (unpaired) electrons. The summed E-state index contributed by atoms with van der Waals surface area (Å²) in [6.07, 6.45) is 3.72. The first-order chi connectivity index (χ1) is 25.3. The van der Waals surface area contributed by atoms with Gasteiger partial charge in [0.15, 0.2) is 0 Å². The Morgan fingerprint density at radius 2 is 1.08 bits per heavy atom. The minimum atomic E-state index is -0.508. The molecular weight excluding hydrogens is 621 g/mol. The summed E-state index contributed by atoms with van der Waals surface area (Å²) in [4.78, 5) is 9.59. The van der Waals surface area contributed by atoms with Gasteiger partial charge >= 0.3 is 0 Å². The zero-order valence-electron chi connectivity index (χ0n) is 27.6. The highest BCUT2D eigenvalue weighted by molar-refractivity contribution is 6.15. The summed E-state index contributed by atoms with van der Waals surface area (Å²) in [6, 6.07) is 61.7. The van der Waals surface area contributed by atoms with Crippen LogP contribution in [0.15, 0.2) is 182 Å². The van der Waals surface area contributed by atoms with E-state index in [-0.39, 0.29) is 0 Å². The second-order valence-electron chi connectivity index (χ2n) is 13.4. The Morgan fingerprint density at radius 1 is 0.431 bits per heavy atom. The highest BCUT2D eigenvalue weighted by Gasteiger charge is 2.47. The molecule has 0 amide bonds. The molecular formula is C47H30N4. The van der Waals surface area contributed by atoms with Gasteiger partial charge in [0.25, 0.3) is 0 Å². The Kier molecular flexibility index (Phi) is 5.84. The fourth-order valence-corrected chi connectivity index (χ4v) is 8.97. The number of benzene rings is 6. The van der Waals surface area contributed by atoms with Crippen molar-refractivity contribution in [3.63, 3.8) is 0 Å². The molecule has 0 aliphatic heterocycles. The van der Waals surface area contributed by atoms with Crippen LogP contribution >= 0.6 is 0 Å². The van der Waals surface area contributed by atoms with Gasteiger partial charge in [-0.15, -0.1) is 0 Å². The molecule has 1 aliphatic rings. The lowest BCUT2D eigenvalue weighted by molar-refractivity contribution is 0.776. The summed E-state index contributed by atoms with van der Waals surface area (Å²) in [7, 11) is 0. The van der Waals surface area contributed by atoms with Crippen molar-refractivity contribution in [2.24, 2.45) is 0 Å². The summed E-state index contributed by atoms with van der Waals surface area (Å²) in [5.74, 6) is 0. The highest BCUT2D eigenvalue weighted by atomic mass is 15.1. The third kappa shape index (κ3) is 3.73. The molecule has 4 nitrogen and oxygen atoms in total. The lowest BCUT2D eigenvalue weighted by atomic mass is 9.67. The van der Waals surface area contributed by atoms with Crippen LogP contribution < -0.4 is 0 Å². The average molecular weight is 651 g/mol. The molecule has 10 aromatic rings. The number of hydrogen-bond acceptors (Lipinski definition) is 2. The number of pyridine rings is 2. The first-order valence-corrected chi connectivity index (χ1v) is 17.4. The van der Waals surface area contributed by atoms with Gasteiger partial charge in [-0.1, -0.05) is 115 Å². The van der Waals surface area contributed by atoms with E-state index in [0.29, 0.717) is 0 Å². The van der Waals surface area contributed by atoms with Crippen LogP contribution in [0.4, 0.5) is 0 Å². The highest BCUT2D eigenvalue weighted by Crippen LogP contribution is 2.59. The van der Waals surface area contributed by atoms with Gasteiger partial charge in [-0.2, -0.15) is 0 Å².